The summed E-state index contributed by atoms with van der Waals surface area (Å²) in [5.74, 6) is -10.9. The van der Waals surface area contributed by atoms with Crippen LogP contribution in [0.15, 0.2) is 36.4 Å². The lowest BCUT2D eigenvalue weighted by molar-refractivity contribution is -0.147. The molecule has 168 valence electrons. The maximum atomic E-state index is 14.4. The van der Waals surface area contributed by atoms with Gasteiger partial charge in [-0.05, 0) is 25.0 Å². The summed E-state index contributed by atoms with van der Waals surface area (Å²) in [6, 6.07) is 8.34. The fourth-order valence-corrected chi connectivity index (χ4v) is 2.79. The van der Waals surface area contributed by atoms with Gasteiger partial charge in [-0.1, -0.05) is 43.3 Å². The molecule has 0 aromatic heterocycles. The van der Waals surface area contributed by atoms with Crippen molar-refractivity contribution in [3.05, 3.63) is 70.8 Å². The molecule has 3 nitrogen and oxygen atoms in total. The fraction of sp³-hybridized carbons (Fsp3) is 0.286. The Morgan fingerprint density at radius 2 is 1.52 bits per heavy atom. The molecule has 0 aliphatic heterocycles. The first-order valence-electron chi connectivity index (χ1n) is 9.11. The van der Waals surface area contributed by atoms with E-state index in [0.29, 0.717) is 5.56 Å². The molecule has 0 amide bonds. The number of benzene rings is 2. The molecule has 0 bridgehead atoms. The van der Waals surface area contributed by atoms with E-state index in [9.17, 15) is 35.5 Å². The second-order valence-corrected chi connectivity index (χ2v) is 6.42. The molecule has 0 aliphatic rings. The van der Waals surface area contributed by atoms with Crippen LogP contribution in [0.25, 0.3) is 6.08 Å². The quantitative estimate of drug-likeness (QED) is 0.316. The predicted molar refractivity (Wildman–Crippen MR) is 100 cm³/mol. The van der Waals surface area contributed by atoms with E-state index in [2.05, 4.69) is 0 Å². The summed E-state index contributed by atoms with van der Waals surface area (Å²) in [5, 5.41) is 2.04. The van der Waals surface area contributed by atoms with Crippen LogP contribution >= 0.6 is 0 Å². The number of hydrogen-bond acceptors (Lipinski definition) is 3. The predicted octanol–water partition coefficient (Wildman–Crippen LogP) is 6.10. The molecule has 0 saturated carbocycles. The van der Waals surface area contributed by atoms with Crippen molar-refractivity contribution >= 4 is 17.7 Å². The molecule has 0 heterocycles. The second-order valence-electron chi connectivity index (χ2n) is 6.42. The van der Waals surface area contributed by atoms with Gasteiger partial charge in [0, 0.05) is 0 Å². The van der Waals surface area contributed by atoms with E-state index >= 15 is 0 Å². The van der Waals surface area contributed by atoms with Gasteiger partial charge in [0.05, 0.1) is 6.61 Å². The molecule has 1 atom stereocenters. The zero-order chi connectivity index (χ0) is 23.4. The summed E-state index contributed by atoms with van der Waals surface area (Å²) in [6.07, 6.45) is -3.35. The molecule has 0 radical (unpaired) electrons. The molecule has 0 fully saturated rings. The number of carbonyl (C=O) groups excluding carboxylic acids is 1. The monoisotopic (exact) mass is 449 g/mol. The average molecular weight is 449 g/mol. The molecule has 10 heteroatoms. The van der Waals surface area contributed by atoms with Gasteiger partial charge in [-0.3, -0.25) is 0 Å². The highest BCUT2D eigenvalue weighted by Crippen LogP contribution is 2.39. The number of ether oxygens (including phenoxy) is 1. The Morgan fingerprint density at radius 1 is 0.968 bits per heavy atom. The minimum atomic E-state index is -5.68. The third-order valence-electron chi connectivity index (χ3n) is 4.45. The van der Waals surface area contributed by atoms with Crippen LogP contribution in [0, 0.1) is 23.3 Å². The number of carbonyl (C=O) groups is 1. The lowest BCUT2D eigenvalue weighted by Gasteiger charge is -2.30. The number of hydrogen-bond donors (Lipinski definition) is 1. The molecule has 1 N–H and O–H groups in total. The lowest BCUT2D eigenvalue weighted by atomic mass is 9.93. The van der Waals surface area contributed by atoms with E-state index in [0.717, 1.165) is 6.08 Å². The van der Waals surface area contributed by atoms with E-state index in [1.807, 2.05) is 5.32 Å². The van der Waals surface area contributed by atoms with Crippen LogP contribution in [0.1, 0.15) is 31.4 Å². The normalized spacial score (nSPS) is 13.8. The first-order chi connectivity index (χ1) is 14.5. The van der Waals surface area contributed by atoms with E-state index < -0.39 is 52.2 Å². The summed E-state index contributed by atoms with van der Waals surface area (Å²) < 4.78 is 100. The van der Waals surface area contributed by atoms with E-state index in [1.54, 1.807) is 30.3 Å². The van der Waals surface area contributed by atoms with Crippen molar-refractivity contribution in [3.63, 3.8) is 0 Å². The number of halogens is 7. The number of nitrogens with one attached hydrogen (secondary N) is 1. The molecule has 0 aliphatic carbocycles. The summed E-state index contributed by atoms with van der Waals surface area (Å²) in [6.45, 7) is 2.73. The third-order valence-corrected chi connectivity index (χ3v) is 4.45. The van der Waals surface area contributed by atoms with Gasteiger partial charge < -0.3 is 10.1 Å². The van der Waals surface area contributed by atoms with Gasteiger partial charge in [-0.25, -0.2) is 22.4 Å². The Balaban J connectivity index is 2.65. The van der Waals surface area contributed by atoms with Crippen LogP contribution in [-0.2, 0) is 15.7 Å². The highest BCUT2D eigenvalue weighted by Gasteiger charge is 2.44. The third kappa shape index (κ3) is 5.00. The number of rotatable bonds is 7. The van der Waals surface area contributed by atoms with Gasteiger partial charge in [0.15, 0.2) is 28.8 Å². The van der Waals surface area contributed by atoms with Crippen LogP contribution in [0.2, 0.25) is 0 Å². The van der Waals surface area contributed by atoms with Crippen molar-refractivity contribution in [2.45, 2.75) is 32.0 Å². The summed E-state index contributed by atoms with van der Waals surface area (Å²) in [5.41, 5.74) is -5.73. The van der Waals surface area contributed by atoms with E-state index in [4.69, 9.17) is 4.74 Å². The molecule has 2 aromatic carbocycles. The molecule has 2 rings (SSSR count). The first-order valence-corrected chi connectivity index (χ1v) is 9.11. The Hall–Kier alpha value is -3.04. The number of esters is 1. The van der Waals surface area contributed by atoms with Gasteiger partial charge in [-0.15, -0.1) is 0 Å². The standard InChI is InChI=1S/C21H18F7NO2/c1-3-20(19(30)31-4-2,11-10-12-8-6-5-7-9-12)29-18-16(24)14(22)13(21(26,27)28)15(23)17(18)25/h5-11,29H,3-4H2,1-2H3/b11-10+. The van der Waals surface area contributed by atoms with Gasteiger partial charge in [0.2, 0.25) is 0 Å². The van der Waals surface area contributed by atoms with Crippen molar-refractivity contribution in [2.75, 3.05) is 11.9 Å². The number of anilines is 1. The molecular formula is C21H18F7NO2. The van der Waals surface area contributed by atoms with Crippen LogP contribution in [0.3, 0.4) is 0 Å². The van der Waals surface area contributed by atoms with Crippen LogP contribution in [-0.4, -0.2) is 18.1 Å². The van der Waals surface area contributed by atoms with Crippen molar-refractivity contribution in [1.29, 1.82) is 0 Å². The Kier molecular flexibility index (Phi) is 7.35. The highest BCUT2D eigenvalue weighted by molar-refractivity contribution is 5.88. The molecule has 1 unspecified atom stereocenters. The minimum Gasteiger partial charge on any atom is -0.464 e. The van der Waals surface area contributed by atoms with Gasteiger partial charge in [0.25, 0.3) is 0 Å². The van der Waals surface area contributed by atoms with Crippen LogP contribution in [0.5, 0.6) is 0 Å². The van der Waals surface area contributed by atoms with Crippen LogP contribution < -0.4 is 5.32 Å². The second kappa shape index (κ2) is 9.40. The highest BCUT2D eigenvalue weighted by atomic mass is 19.4. The average Bonchev–Trinajstić information content (AvgIpc) is 2.72. The zero-order valence-corrected chi connectivity index (χ0v) is 16.4. The topological polar surface area (TPSA) is 38.3 Å². The largest absolute Gasteiger partial charge is 0.464 e. The smallest absolute Gasteiger partial charge is 0.422 e. The number of alkyl halides is 3. The van der Waals surface area contributed by atoms with Gasteiger partial charge >= 0.3 is 12.1 Å². The summed E-state index contributed by atoms with van der Waals surface area (Å²) in [4.78, 5) is 12.6. The Morgan fingerprint density at radius 3 is 1.97 bits per heavy atom. The SMILES string of the molecule is CCOC(=O)C(/C=C/c1ccccc1)(CC)Nc1c(F)c(F)c(C(F)(F)F)c(F)c1F. The molecule has 0 saturated heterocycles. The van der Waals surface area contributed by atoms with Crippen molar-refractivity contribution < 1.29 is 40.3 Å². The lowest BCUT2D eigenvalue weighted by Crippen LogP contribution is -2.46. The maximum Gasteiger partial charge on any atom is 0.422 e. The molecule has 0 spiro atoms. The zero-order valence-electron chi connectivity index (χ0n) is 16.4. The molecule has 2 aromatic rings. The minimum absolute atomic E-state index is 0.137. The molecular weight excluding hydrogens is 431 g/mol. The fourth-order valence-electron chi connectivity index (χ4n) is 2.79. The van der Waals surface area contributed by atoms with E-state index in [1.165, 1.54) is 19.9 Å². The van der Waals surface area contributed by atoms with Crippen molar-refractivity contribution in [2.24, 2.45) is 0 Å². The van der Waals surface area contributed by atoms with Crippen molar-refractivity contribution in [3.8, 4) is 0 Å². The summed E-state index contributed by atoms with van der Waals surface area (Å²) >= 11 is 0. The van der Waals surface area contributed by atoms with Crippen molar-refractivity contribution in [1.82, 2.24) is 0 Å². The van der Waals surface area contributed by atoms with Crippen LogP contribution in [0.4, 0.5) is 36.4 Å². The molecule has 31 heavy (non-hydrogen) atoms. The first kappa shape index (κ1) is 24.2. The van der Waals surface area contributed by atoms with E-state index in [-0.39, 0.29) is 13.0 Å². The Bertz CT molecular complexity index is 945. The van der Waals surface area contributed by atoms with Gasteiger partial charge in [0.1, 0.15) is 11.3 Å². The Labute approximate surface area is 173 Å². The maximum absolute atomic E-state index is 14.4. The van der Waals surface area contributed by atoms with Gasteiger partial charge in [-0.2, -0.15) is 13.2 Å². The summed E-state index contributed by atoms with van der Waals surface area (Å²) in [7, 11) is 0.